The van der Waals surface area contributed by atoms with Gasteiger partial charge < -0.3 is 30.2 Å². The fourth-order valence-electron chi connectivity index (χ4n) is 5.23. The number of methoxy groups -OCH3 is 2. The van der Waals surface area contributed by atoms with Crippen molar-refractivity contribution >= 4 is 37.6 Å². The largest absolute Gasteiger partial charge is 0.496 e. The Balaban J connectivity index is 1.70. The molecule has 1 heterocycles. The Labute approximate surface area is 292 Å². The van der Waals surface area contributed by atoms with Gasteiger partial charge in [-0.2, -0.15) is 4.31 Å². The molecule has 3 aromatic carbocycles. The maximum Gasteiger partial charge on any atom is 0.251 e. The van der Waals surface area contributed by atoms with Crippen LogP contribution in [0.15, 0.2) is 70.5 Å². The molecule has 0 spiro atoms. The molecule has 1 aliphatic heterocycles. The molecule has 3 amide bonds. The van der Waals surface area contributed by atoms with Crippen LogP contribution < -0.4 is 30.2 Å². The molecule has 16 heteroatoms. The Morgan fingerprint density at radius 2 is 1.52 bits per heavy atom. The van der Waals surface area contributed by atoms with Crippen LogP contribution in [-0.2, 0) is 36.0 Å². The summed E-state index contributed by atoms with van der Waals surface area (Å²) in [5.41, 5.74) is 0.758. The third-order valence-electron chi connectivity index (χ3n) is 7.99. The lowest BCUT2D eigenvalue weighted by atomic mass is 10.0. The van der Waals surface area contributed by atoms with Crippen molar-refractivity contribution in [2.24, 2.45) is 5.92 Å². The highest BCUT2D eigenvalue weighted by Crippen LogP contribution is 2.37. The number of carbonyl (C=O) groups is 3. The number of carbonyl (C=O) groups excluding carboxylic acids is 3. The van der Waals surface area contributed by atoms with Crippen molar-refractivity contribution in [3.8, 4) is 23.0 Å². The van der Waals surface area contributed by atoms with Gasteiger partial charge in [-0.25, -0.2) is 16.8 Å². The third kappa shape index (κ3) is 9.31. The normalized spacial score (nSPS) is 17.4. The van der Waals surface area contributed by atoms with Crippen LogP contribution in [0.4, 0.5) is 0 Å². The Hall–Kier alpha value is -4.67. The smallest absolute Gasteiger partial charge is 0.251 e. The summed E-state index contributed by atoms with van der Waals surface area (Å²) >= 11 is 0. The van der Waals surface area contributed by atoms with Gasteiger partial charge in [0.1, 0.15) is 17.5 Å². The van der Waals surface area contributed by atoms with Gasteiger partial charge in [-0.3, -0.25) is 14.4 Å². The standard InChI is InChI=1S/C34H42N4O10S2/c1-22(2)32-34(41)36-20-26-27(46-3)9-8-10-28(26)48-30-19-23(11-16-29(30)47-4)33(40)35-17-6-7-18-38(21-31(39)37-32)50(44,45)25-14-12-24(13-15-25)49(5,42)43/h8-16,19,22,32H,6-7,17-18,20-21H2,1-5H3,(H,35,40)(H,36,41)(H,37,39)/t32-/m1/s1. The van der Waals surface area contributed by atoms with Crippen molar-refractivity contribution in [1.29, 1.82) is 0 Å². The number of nitrogens with one attached hydrogen (secondary N) is 3. The number of ether oxygens (including phenoxy) is 3. The van der Waals surface area contributed by atoms with Crippen LogP contribution in [0, 0.1) is 5.92 Å². The van der Waals surface area contributed by atoms with E-state index in [1.54, 1.807) is 44.2 Å². The number of hydrogen-bond acceptors (Lipinski definition) is 10. The van der Waals surface area contributed by atoms with Crippen LogP contribution in [0.2, 0.25) is 0 Å². The van der Waals surface area contributed by atoms with Crippen LogP contribution in [0.1, 0.15) is 42.6 Å². The Kier molecular flexibility index (Phi) is 12.5. The molecule has 3 aromatic rings. The molecule has 0 aliphatic carbocycles. The molecule has 0 aromatic heterocycles. The minimum absolute atomic E-state index is 0.0577. The fraction of sp³-hybridized carbons (Fsp3) is 0.382. The molecular weight excluding hydrogens is 689 g/mol. The van der Waals surface area contributed by atoms with Crippen molar-refractivity contribution in [1.82, 2.24) is 20.3 Å². The van der Waals surface area contributed by atoms with Crippen LogP contribution >= 0.6 is 0 Å². The topological polar surface area (TPSA) is 187 Å². The van der Waals surface area contributed by atoms with Crippen molar-refractivity contribution in [3.63, 3.8) is 0 Å². The first-order valence-corrected chi connectivity index (χ1v) is 19.2. The Morgan fingerprint density at radius 3 is 2.16 bits per heavy atom. The molecule has 4 rings (SSSR count). The van der Waals surface area contributed by atoms with Gasteiger partial charge in [-0.15, -0.1) is 0 Å². The maximum atomic E-state index is 13.8. The van der Waals surface area contributed by atoms with Gasteiger partial charge >= 0.3 is 0 Å². The SMILES string of the molecule is COc1ccc2cc1Oc1cccc(OC)c1CNC(=O)[C@@H](C(C)C)NC(=O)CN(S(=O)(=O)c1ccc(S(C)(=O)=O)cc1)CCCCNC2=O. The molecule has 3 N–H and O–H groups in total. The zero-order chi connectivity index (χ0) is 36.6. The van der Waals surface area contributed by atoms with E-state index in [0.717, 1.165) is 10.6 Å². The van der Waals surface area contributed by atoms with E-state index >= 15 is 0 Å². The molecule has 50 heavy (non-hydrogen) atoms. The van der Waals surface area contributed by atoms with Crippen LogP contribution in [0.3, 0.4) is 0 Å². The third-order valence-corrected chi connectivity index (χ3v) is 11.0. The second-order valence-electron chi connectivity index (χ2n) is 12.0. The first-order chi connectivity index (χ1) is 23.6. The minimum atomic E-state index is -4.29. The molecule has 0 radical (unpaired) electrons. The average Bonchev–Trinajstić information content (AvgIpc) is 3.08. The summed E-state index contributed by atoms with van der Waals surface area (Å²) < 4.78 is 69.6. The Morgan fingerprint density at radius 1 is 0.840 bits per heavy atom. The summed E-state index contributed by atoms with van der Waals surface area (Å²) in [5, 5.41) is 8.32. The zero-order valence-electron chi connectivity index (χ0n) is 28.5. The lowest BCUT2D eigenvalue weighted by Crippen LogP contribution is -2.52. The van der Waals surface area contributed by atoms with E-state index in [4.69, 9.17) is 14.2 Å². The summed E-state index contributed by atoms with van der Waals surface area (Å²) in [5.74, 6) is -0.691. The van der Waals surface area contributed by atoms with E-state index in [9.17, 15) is 31.2 Å². The highest BCUT2D eigenvalue weighted by molar-refractivity contribution is 7.90. The number of sulfone groups is 1. The van der Waals surface area contributed by atoms with Gasteiger partial charge in [0, 0.05) is 24.9 Å². The molecule has 1 aliphatic rings. The number of amides is 3. The van der Waals surface area contributed by atoms with Crippen LogP contribution in [-0.4, -0.2) is 85.0 Å². The first kappa shape index (κ1) is 38.1. The number of sulfonamides is 1. The summed E-state index contributed by atoms with van der Waals surface area (Å²) in [7, 11) is -4.93. The van der Waals surface area contributed by atoms with Gasteiger partial charge in [0.2, 0.25) is 21.8 Å². The van der Waals surface area contributed by atoms with E-state index < -0.39 is 50.2 Å². The quantitative estimate of drug-likeness (QED) is 0.341. The van der Waals surface area contributed by atoms with Crippen molar-refractivity contribution in [2.75, 3.05) is 40.1 Å². The van der Waals surface area contributed by atoms with Gasteiger partial charge in [0.05, 0.1) is 42.7 Å². The Bertz CT molecular complexity index is 1930. The van der Waals surface area contributed by atoms with E-state index in [1.807, 2.05) is 0 Å². The van der Waals surface area contributed by atoms with Crippen molar-refractivity contribution in [2.45, 2.75) is 49.1 Å². The first-order valence-electron chi connectivity index (χ1n) is 15.8. The zero-order valence-corrected chi connectivity index (χ0v) is 30.2. The number of hydrogen-bond donors (Lipinski definition) is 3. The second kappa shape index (κ2) is 16.4. The summed E-state index contributed by atoms with van der Waals surface area (Å²) in [4.78, 5) is 39.8. The van der Waals surface area contributed by atoms with E-state index in [2.05, 4.69) is 16.0 Å². The molecule has 270 valence electrons. The van der Waals surface area contributed by atoms with Crippen molar-refractivity contribution < 1.29 is 45.4 Å². The van der Waals surface area contributed by atoms with E-state index in [0.29, 0.717) is 29.2 Å². The van der Waals surface area contributed by atoms with Gasteiger partial charge in [-0.1, -0.05) is 19.9 Å². The predicted octanol–water partition coefficient (Wildman–Crippen LogP) is 2.87. The molecule has 1 atom stereocenters. The summed E-state index contributed by atoms with van der Waals surface area (Å²) in [6, 6.07) is 13.5. The monoisotopic (exact) mass is 730 g/mol. The molecule has 0 unspecified atom stereocenters. The molecule has 2 bridgehead atoms. The summed E-state index contributed by atoms with van der Waals surface area (Å²) in [6.07, 6.45) is 1.63. The van der Waals surface area contributed by atoms with Crippen molar-refractivity contribution in [3.05, 3.63) is 71.8 Å². The van der Waals surface area contributed by atoms with Crippen LogP contribution in [0.25, 0.3) is 0 Å². The highest BCUT2D eigenvalue weighted by Gasteiger charge is 2.30. The minimum Gasteiger partial charge on any atom is -0.496 e. The van der Waals surface area contributed by atoms with Crippen LogP contribution in [0.5, 0.6) is 23.0 Å². The van der Waals surface area contributed by atoms with Gasteiger partial charge in [0.25, 0.3) is 5.91 Å². The lowest BCUT2D eigenvalue weighted by molar-refractivity contribution is -0.130. The van der Waals surface area contributed by atoms with Gasteiger partial charge in [0.15, 0.2) is 21.3 Å². The summed E-state index contributed by atoms with van der Waals surface area (Å²) in [6.45, 7) is 2.90. The number of nitrogens with zero attached hydrogens (tertiary/aromatic N) is 1. The number of benzene rings is 3. The molecular formula is C34H42N4O10S2. The van der Waals surface area contributed by atoms with E-state index in [-0.39, 0.29) is 53.1 Å². The molecule has 14 nitrogen and oxygen atoms in total. The number of fused-ring (bicyclic) bond motifs is 3. The predicted molar refractivity (Wildman–Crippen MR) is 185 cm³/mol. The lowest BCUT2D eigenvalue weighted by Gasteiger charge is -2.26. The highest BCUT2D eigenvalue weighted by atomic mass is 32.2. The number of rotatable bonds is 6. The molecule has 0 fully saturated rings. The fourth-order valence-corrected chi connectivity index (χ4v) is 7.30. The second-order valence-corrected chi connectivity index (χ2v) is 15.9. The van der Waals surface area contributed by atoms with E-state index in [1.165, 1.54) is 44.6 Å². The maximum absolute atomic E-state index is 13.8. The van der Waals surface area contributed by atoms with Gasteiger partial charge in [-0.05, 0) is 73.4 Å². The average molecular weight is 731 g/mol. The molecule has 0 saturated carbocycles. The molecule has 0 saturated heterocycles.